The fourth-order valence-corrected chi connectivity index (χ4v) is 3.83. The number of benzene rings is 1. The van der Waals surface area contributed by atoms with Gasteiger partial charge in [0.1, 0.15) is 0 Å². The van der Waals surface area contributed by atoms with E-state index in [1.165, 1.54) is 36.5 Å². The minimum Gasteiger partial charge on any atom is -0.339 e. The van der Waals surface area contributed by atoms with Gasteiger partial charge >= 0.3 is 17.8 Å². The summed E-state index contributed by atoms with van der Waals surface area (Å²) in [6, 6.07) is 6.41. The van der Waals surface area contributed by atoms with Gasteiger partial charge in [-0.05, 0) is 29.8 Å². The summed E-state index contributed by atoms with van der Waals surface area (Å²) in [5.41, 5.74) is -0.129. The Morgan fingerprint density at radius 1 is 1.11 bits per heavy atom. The molecule has 1 atom stereocenters. The van der Waals surface area contributed by atoms with E-state index in [-0.39, 0.29) is 11.4 Å². The maximum atomic E-state index is 12.6. The minimum absolute atomic E-state index is 0.150. The average Bonchev–Trinajstić information content (AvgIpc) is 2.92. The van der Waals surface area contributed by atoms with Gasteiger partial charge in [-0.25, -0.2) is 8.42 Å². The molecule has 0 saturated carbocycles. The zero-order valence-electron chi connectivity index (χ0n) is 13.6. The molecule has 2 heterocycles. The van der Waals surface area contributed by atoms with Crippen molar-refractivity contribution in [3.05, 3.63) is 65.3 Å². The number of hydrogen-bond acceptors (Lipinski definition) is 4. The predicted molar refractivity (Wildman–Crippen MR) is 88.4 cm³/mol. The molecule has 2 aromatic rings. The van der Waals surface area contributed by atoms with Crippen molar-refractivity contribution >= 4 is 15.7 Å². The van der Waals surface area contributed by atoms with Gasteiger partial charge in [0.05, 0.1) is 22.9 Å². The van der Waals surface area contributed by atoms with Crippen LogP contribution in [0.5, 0.6) is 0 Å². The number of pyridine rings is 1. The minimum atomic E-state index is -4.44. The summed E-state index contributed by atoms with van der Waals surface area (Å²) in [5.74, 6) is -0.948. The number of aromatic nitrogens is 1. The van der Waals surface area contributed by atoms with Crippen LogP contribution in [0.3, 0.4) is 0 Å². The zero-order valence-corrected chi connectivity index (χ0v) is 14.5. The van der Waals surface area contributed by atoms with Crippen molar-refractivity contribution in [1.29, 1.82) is 0 Å². The summed E-state index contributed by atoms with van der Waals surface area (Å²) in [4.78, 5) is 12.2. The highest BCUT2D eigenvalue weighted by Gasteiger charge is 2.30. The number of nitrogens with zero attached hydrogens (tertiary/aromatic N) is 1. The molecule has 1 unspecified atom stereocenters. The SMILES string of the molecule is O=C(NC1C=CS(=O)(=O)C1)c1ccc(-c2ccc(C(F)(F)F)cc2)c[n+]1O. The van der Waals surface area contributed by atoms with Crippen molar-refractivity contribution in [2.75, 3.05) is 5.75 Å². The first-order chi connectivity index (χ1) is 12.5. The Labute approximate surface area is 152 Å². The lowest BCUT2D eigenvalue weighted by atomic mass is 10.0. The highest BCUT2D eigenvalue weighted by Crippen LogP contribution is 2.30. The van der Waals surface area contributed by atoms with Crippen LogP contribution in [-0.2, 0) is 16.0 Å². The van der Waals surface area contributed by atoms with Crippen molar-refractivity contribution in [1.82, 2.24) is 5.32 Å². The number of hydrogen-bond donors (Lipinski definition) is 2. The van der Waals surface area contributed by atoms with E-state index in [0.717, 1.165) is 17.5 Å². The summed E-state index contributed by atoms with van der Waals surface area (Å²) in [5, 5.41) is 13.5. The van der Waals surface area contributed by atoms with Gasteiger partial charge in [-0.3, -0.25) is 10.0 Å². The summed E-state index contributed by atoms with van der Waals surface area (Å²) >= 11 is 0. The smallest absolute Gasteiger partial charge is 0.339 e. The molecule has 1 aliphatic rings. The van der Waals surface area contributed by atoms with Crippen LogP contribution in [0.2, 0.25) is 0 Å². The van der Waals surface area contributed by atoms with Gasteiger partial charge in [0, 0.05) is 16.2 Å². The first kappa shape index (κ1) is 18.9. The standard InChI is InChI=1S/C17H13F3N2O4S/c18-17(19,20)13-4-1-11(2-5-13)12-3-6-15(22(24)9-12)16(23)21-14-7-8-27(25,26)10-14/h1-9,14H,10H2,(H-,21,23,24)/p+1. The van der Waals surface area contributed by atoms with Gasteiger partial charge in [-0.15, -0.1) is 0 Å². The van der Waals surface area contributed by atoms with Crippen molar-refractivity contribution in [2.45, 2.75) is 12.2 Å². The molecule has 1 aromatic carbocycles. The van der Waals surface area contributed by atoms with E-state index >= 15 is 0 Å². The maximum absolute atomic E-state index is 12.6. The number of rotatable bonds is 3. The van der Waals surface area contributed by atoms with E-state index in [9.17, 15) is 31.6 Å². The summed E-state index contributed by atoms with van der Waals surface area (Å²) in [6.07, 6.45) is -1.93. The molecular formula is C17H14F3N2O4S+. The van der Waals surface area contributed by atoms with Gasteiger partial charge in [0.2, 0.25) is 6.20 Å². The number of sulfone groups is 1. The van der Waals surface area contributed by atoms with Crippen LogP contribution in [-0.4, -0.2) is 31.3 Å². The summed E-state index contributed by atoms with van der Waals surface area (Å²) < 4.78 is 61.1. The molecule has 0 bridgehead atoms. The molecular weight excluding hydrogens is 385 g/mol. The lowest BCUT2D eigenvalue weighted by molar-refractivity contribution is -0.905. The van der Waals surface area contributed by atoms with Crippen molar-refractivity contribution in [3.8, 4) is 11.1 Å². The number of amides is 1. The molecule has 2 N–H and O–H groups in total. The molecule has 1 amide bonds. The van der Waals surface area contributed by atoms with Gasteiger partial charge < -0.3 is 5.32 Å². The van der Waals surface area contributed by atoms with E-state index < -0.39 is 33.5 Å². The zero-order chi connectivity index (χ0) is 19.8. The van der Waals surface area contributed by atoms with Crippen LogP contribution in [0, 0.1) is 0 Å². The number of alkyl halides is 3. The number of carbonyl (C=O) groups is 1. The van der Waals surface area contributed by atoms with Crippen molar-refractivity contribution in [2.24, 2.45) is 0 Å². The Morgan fingerprint density at radius 2 is 1.74 bits per heavy atom. The van der Waals surface area contributed by atoms with Crippen LogP contribution in [0.1, 0.15) is 16.1 Å². The highest BCUT2D eigenvalue weighted by atomic mass is 32.2. The third-order valence-corrected chi connectivity index (χ3v) is 5.35. The Bertz CT molecular complexity index is 1020. The largest absolute Gasteiger partial charge is 0.416 e. The molecule has 0 spiro atoms. The predicted octanol–water partition coefficient (Wildman–Crippen LogP) is 1.94. The summed E-state index contributed by atoms with van der Waals surface area (Å²) in [6.45, 7) is 0. The van der Waals surface area contributed by atoms with Gasteiger partial charge in [-0.2, -0.15) is 13.2 Å². The number of halogens is 3. The molecule has 0 fully saturated rings. The third-order valence-electron chi connectivity index (χ3n) is 3.95. The molecule has 27 heavy (non-hydrogen) atoms. The van der Waals surface area contributed by atoms with E-state index in [4.69, 9.17) is 0 Å². The van der Waals surface area contributed by atoms with Gasteiger partial charge in [-0.1, -0.05) is 12.1 Å². The van der Waals surface area contributed by atoms with Gasteiger partial charge in [0.15, 0.2) is 9.84 Å². The molecule has 6 nitrogen and oxygen atoms in total. The molecule has 142 valence electrons. The average molecular weight is 399 g/mol. The van der Waals surface area contributed by atoms with E-state index in [1.807, 2.05) is 0 Å². The Kier molecular flexibility index (Phi) is 4.68. The van der Waals surface area contributed by atoms with Crippen LogP contribution >= 0.6 is 0 Å². The Hall–Kier alpha value is -2.88. The molecule has 1 aromatic heterocycles. The molecule has 0 radical (unpaired) electrons. The van der Waals surface area contributed by atoms with E-state index in [1.54, 1.807) is 0 Å². The van der Waals surface area contributed by atoms with Crippen LogP contribution in [0.15, 0.2) is 54.1 Å². The third kappa shape index (κ3) is 4.27. The maximum Gasteiger partial charge on any atom is 0.416 e. The monoisotopic (exact) mass is 399 g/mol. The lowest BCUT2D eigenvalue weighted by Gasteiger charge is -2.09. The fraction of sp³-hybridized carbons (Fsp3) is 0.176. The number of carbonyl (C=O) groups excluding carboxylic acids is 1. The topological polar surface area (TPSA) is 87.4 Å². The molecule has 10 heteroatoms. The normalized spacial score (nSPS) is 18.4. The lowest BCUT2D eigenvalue weighted by Crippen LogP contribution is -2.44. The molecule has 3 rings (SSSR count). The summed E-state index contributed by atoms with van der Waals surface area (Å²) in [7, 11) is -3.33. The molecule has 1 aliphatic heterocycles. The highest BCUT2D eigenvalue weighted by molar-refractivity contribution is 7.94. The van der Waals surface area contributed by atoms with Gasteiger partial charge in [0.25, 0.3) is 0 Å². The second-order valence-corrected chi connectivity index (χ2v) is 7.89. The van der Waals surface area contributed by atoms with Crippen LogP contribution in [0.4, 0.5) is 13.2 Å². The quantitative estimate of drug-likeness (QED) is 0.610. The first-order valence-corrected chi connectivity index (χ1v) is 9.41. The fourth-order valence-electron chi connectivity index (χ4n) is 2.60. The molecule has 0 aliphatic carbocycles. The Morgan fingerprint density at radius 3 is 2.26 bits per heavy atom. The Balaban J connectivity index is 1.77. The first-order valence-electron chi connectivity index (χ1n) is 7.69. The molecule has 0 saturated heterocycles. The van der Waals surface area contributed by atoms with E-state index in [0.29, 0.717) is 15.9 Å². The van der Waals surface area contributed by atoms with E-state index in [2.05, 4.69) is 5.32 Å². The van der Waals surface area contributed by atoms with Crippen LogP contribution < -0.4 is 10.0 Å². The number of nitrogens with one attached hydrogen (secondary N) is 1. The van der Waals surface area contributed by atoms with Crippen molar-refractivity contribution < 1.29 is 36.3 Å². The van der Waals surface area contributed by atoms with Crippen molar-refractivity contribution in [3.63, 3.8) is 0 Å². The second-order valence-electron chi connectivity index (χ2n) is 5.96. The van der Waals surface area contributed by atoms with Crippen LogP contribution in [0.25, 0.3) is 11.1 Å². The second kappa shape index (κ2) is 6.69.